The lowest BCUT2D eigenvalue weighted by Gasteiger charge is -2.16. The van der Waals surface area contributed by atoms with E-state index >= 15 is 0 Å². The van der Waals surface area contributed by atoms with Crippen LogP contribution in [0.15, 0.2) is 46.9 Å². The molecule has 2 aromatic carbocycles. The molecule has 1 fully saturated rings. The molecule has 138 valence electrons. The Hall–Kier alpha value is -3.08. The summed E-state index contributed by atoms with van der Waals surface area (Å²) in [7, 11) is 0. The van der Waals surface area contributed by atoms with Gasteiger partial charge in [-0.3, -0.25) is 9.59 Å². The topological polar surface area (TPSA) is 62.6 Å². The molecule has 0 radical (unpaired) electrons. The van der Waals surface area contributed by atoms with Crippen molar-refractivity contribution in [3.8, 4) is 0 Å². The Morgan fingerprint density at radius 3 is 2.44 bits per heavy atom. The van der Waals surface area contributed by atoms with Crippen molar-refractivity contribution in [3.63, 3.8) is 0 Å². The monoisotopic (exact) mass is 362 g/mol. The minimum atomic E-state index is -0.183. The number of carbonyl (C=O) groups excluding carboxylic acids is 2. The molecule has 1 aromatic heterocycles. The fraction of sp³-hybridized carbons (Fsp3) is 0.273. The van der Waals surface area contributed by atoms with Crippen LogP contribution in [0.4, 0.5) is 5.69 Å². The van der Waals surface area contributed by atoms with Crippen LogP contribution in [0, 0.1) is 13.8 Å². The highest BCUT2D eigenvalue weighted by atomic mass is 16.3. The number of carbonyl (C=O) groups is 2. The van der Waals surface area contributed by atoms with Gasteiger partial charge in [0.05, 0.1) is 0 Å². The van der Waals surface area contributed by atoms with Crippen LogP contribution < -0.4 is 5.32 Å². The average Bonchev–Trinajstić information content (AvgIpc) is 3.30. The predicted molar refractivity (Wildman–Crippen MR) is 105 cm³/mol. The van der Waals surface area contributed by atoms with Gasteiger partial charge < -0.3 is 14.6 Å². The predicted octanol–water partition coefficient (Wildman–Crippen LogP) is 4.54. The van der Waals surface area contributed by atoms with Gasteiger partial charge in [0.15, 0.2) is 0 Å². The van der Waals surface area contributed by atoms with Crippen LogP contribution in [-0.2, 0) is 0 Å². The second-order valence-corrected chi connectivity index (χ2v) is 7.09. The Morgan fingerprint density at radius 1 is 0.963 bits per heavy atom. The van der Waals surface area contributed by atoms with Crippen LogP contribution in [0.3, 0.4) is 0 Å². The quantitative estimate of drug-likeness (QED) is 0.744. The molecule has 1 saturated heterocycles. The van der Waals surface area contributed by atoms with E-state index in [0.717, 1.165) is 48.2 Å². The molecule has 1 aliphatic heterocycles. The molecule has 5 nitrogen and oxygen atoms in total. The summed E-state index contributed by atoms with van der Waals surface area (Å²) in [6.07, 6.45) is 2.14. The lowest BCUT2D eigenvalue weighted by molar-refractivity contribution is 0.0792. The fourth-order valence-corrected chi connectivity index (χ4v) is 3.55. The number of fused-ring (bicyclic) bond motifs is 1. The molecule has 0 unspecified atom stereocenters. The van der Waals surface area contributed by atoms with Crippen molar-refractivity contribution in [1.29, 1.82) is 0 Å². The van der Waals surface area contributed by atoms with Gasteiger partial charge in [0.1, 0.15) is 11.3 Å². The number of aryl methyl sites for hydroxylation is 2. The summed E-state index contributed by atoms with van der Waals surface area (Å²) in [5, 5.41) is 3.85. The highest BCUT2D eigenvalue weighted by Gasteiger charge is 2.20. The average molecular weight is 362 g/mol. The Kier molecular flexibility index (Phi) is 4.44. The number of furan rings is 1. The van der Waals surface area contributed by atoms with E-state index in [-0.39, 0.29) is 11.8 Å². The van der Waals surface area contributed by atoms with Gasteiger partial charge in [-0.25, -0.2) is 0 Å². The van der Waals surface area contributed by atoms with E-state index in [1.165, 1.54) is 0 Å². The van der Waals surface area contributed by atoms with Gasteiger partial charge >= 0.3 is 0 Å². The molecule has 5 heteroatoms. The maximum atomic E-state index is 12.6. The summed E-state index contributed by atoms with van der Waals surface area (Å²) in [4.78, 5) is 27.0. The van der Waals surface area contributed by atoms with Crippen molar-refractivity contribution in [3.05, 3.63) is 64.9 Å². The highest BCUT2D eigenvalue weighted by Crippen LogP contribution is 2.23. The number of hydrogen-bond donors (Lipinski definition) is 1. The second kappa shape index (κ2) is 6.91. The summed E-state index contributed by atoms with van der Waals surface area (Å²) in [6.45, 7) is 5.44. The number of nitrogens with one attached hydrogen (secondary N) is 1. The highest BCUT2D eigenvalue weighted by molar-refractivity contribution is 6.06. The molecule has 0 bridgehead atoms. The third-order valence-electron chi connectivity index (χ3n) is 5.02. The molecule has 2 amide bonds. The molecule has 1 aliphatic rings. The molecule has 2 heterocycles. The molecule has 0 spiro atoms. The molecule has 3 aromatic rings. The minimum absolute atomic E-state index is 0.0641. The van der Waals surface area contributed by atoms with Gasteiger partial charge in [0.2, 0.25) is 0 Å². The molecule has 0 atom stereocenters. The Morgan fingerprint density at radius 2 is 1.70 bits per heavy atom. The molecule has 0 aliphatic carbocycles. The Labute approximate surface area is 158 Å². The number of hydrogen-bond acceptors (Lipinski definition) is 3. The zero-order valence-corrected chi connectivity index (χ0v) is 15.5. The van der Waals surface area contributed by atoms with Gasteiger partial charge in [-0.15, -0.1) is 0 Å². The van der Waals surface area contributed by atoms with E-state index < -0.39 is 0 Å². The van der Waals surface area contributed by atoms with E-state index in [1.54, 1.807) is 18.2 Å². The molecule has 4 rings (SSSR count). The van der Waals surface area contributed by atoms with Gasteiger partial charge in [-0.1, -0.05) is 0 Å². The molecule has 0 saturated carbocycles. The summed E-state index contributed by atoms with van der Waals surface area (Å²) in [5.74, 6) is 0.698. The normalized spacial score (nSPS) is 13.9. The van der Waals surface area contributed by atoms with Crippen LogP contribution >= 0.6 is 0 Å². The number of rotatable bonds is 3. The standard InChI is InChI=1S/C22H22N2O3/c1-14-11-17(22(26)24-9-3-4-10-24)5-7-19(14)23-21(25)16-6-8-20-18(13-16)12-15(2)27-20/h5-8,11-13H,3-4,9-10H2,1-2H3,(H,23,25). The van der Waals surface area contributed by atoms with Gasteiger partial charge in [0, 0.05) is 35.3 Å². The van der Waals surface area contributed by atoms with E-state index in [2.05, 4.69) is 5.32 Å². The van der Waals surface area contributed by atoms with Crippen LogP contribution in [0.1, 0.15) is 44.9 Å². The zero-order valence-electron chi connectivity index (χ0n) is 15.5. The summed E-state index contributed by atoms with van der Waals surface area (Å²) in [6, 6.07) is 12.7. The van der Waals surface area contributed by atoms with Gasteiger partial charge in [-0.05, 0) is 74.7 Å². The number of nitrogens with zero attached hydrogens (tertiary/aromatic N) is 1. The van der Waals surface area contributed by atoms with Crippen LogP contribution in [0.2, 0.25) is 0 Å². The van der Waals surface area contributed by atoms with Crippen LogP contribution in [0.25, 0.3) is 11.0 Å². The van der Waals surface area contributed by atoms with Crippen LogP contribution in [0.5, 0.6) is 0 Å². The number of likely N-dealkylation sites (tertiary alicyclic amines) is 1. The first-order chi connectivity index (χ1) is 13.0. The molecule has 1 N–H and O–H groups in total. The Balaban J connectivity index is 1.52. The summed E-state index contributed by atoms with van der Waals surface area (Å²) in [5.41, 5.74) is 3.59. The Bertz CT molecular complexity index is 1030. The number of amides is 2. The lowest BCUT2D eigenvalue weighted by Crippen LogP contribution is -2.27. The first-order valence-electron chi connectivity index (χ1n) is 9.23. The fourth-order valence-electron chi connectivity index (χ4n) is 3.55. The molecule has 27 heavy (non-hydrogen) atoms. The molecular formula is C22H22N2O3. The lowest BCUT2D eigenvalue weighted by atomic mass is 10.1. The molecular weight excluding hydrogens is 340 g/mol. The maximum Gasteiger partial charge on any atom is 0.255 e. The smallest absolute Gasteiger partial charge is 0.255 e. The van der Waals surface area contributed by atoms with Crippen molar-refractivity contribution in [2.75, 3.05) is 18.4 Å². The summed E-state index contributed by atoms with van der Waals surface area (Å²) >= 11 is 0. The van der Waals surface area contributed by atoms with Gasteiger partial charge in [-0.2, -0.15) is 0 Å². The van der Waals surface area contributed by atoms with Crippen molar-refractivity contribution >= 4 is 28.5 Å². The second-order valence-electron chi connectivity index (χ2n) is 7.09. The van der Waals surface area contributed by atoms with E-state index in [0.29, 0.717) is 16.8 Å². The van der Waals surface area contributed by atoms with E-state index in [9.17, 15) is 9.59 Å². The minimum Gasteiger partial charge on any atom is -0.461 e. The van der Waals surface area contributed by atoms with Gasteiger partial charge in [0.25, 0.3) is 11.8 Å². The van der Waals surface area contributed by atoms with Crippen molar-refractivity contribution in [1.82, 2.24) is 4.90 Å². The summed E-state index contributed by atoms with van der Waals surface area (Å²) < 4.78 is 5.55. The maximum absolute atomic E-state index is 12.6. The van der Waals surface area contributed by atoms with E-state index in [4.69, 9.17) is 4.42 Å². The number of benzene rings is 2. The van der Waals surface area contributed by atoms with Crippen molar-refractivity contribution in [2.24, 2.45) is 0 Å². The third kappa shape index (κ3) is 3.45. The first kappa shape index (κ1) is 17.3. The SMILES string of the molecule is Cc1cc2cc(C(=O)Nc3ccc(C(=O)N4CCCC4)cc3C)ccc2o1. The largest absolute Gasteiger partial charge is 0.461 e. The zero-order chi connectivity index (χ0) is 19.0. The van der Waals surface area contributed by atoms with Crippen molar-refractivity contribution in [2.45, 2.75) is 26.7 Å². The van der Waals surface area contributed by atoms with Crippen LogP contribution in [-0.4, -0.2) is 29.8 Å². The first-order valence-corrected chi connectivity index (χ1v) is 9.23. The van der Waals surface area contributed by atoms with E-state index in [1.807, 2.05) is 43.0 Å². The third-order valence-corrected chi connectivity index (χ3v) is 5.02. The van der Waals surface area contributed by atoms with Crippen molar-refractivity contribution < 1.29 is 14.0 Å². The number of anilines is 1.